The fraction of sp³-hybridized carbons (Fsp3) is 0.143. The van der Waals surface area contributed by atoms with Crippen LogP contribution in [0.1, 0.15) is 15.9 Å². The number of nitrogens with one attached hydrogen (secondary N) is 2. The molecule has 1 atom stereocenters. The number of ketones is 1. The predicted molar refractivity (Wildman–Crippen MR) is 135 cm³/mol. The van der Waals surface area contributed by atoms with Crippen LogP contribution in [0.4, 0.5) is 0 Å². The number of rotatable bonds is 8. The van der Waals surface area contributed by atoms with E-state index in [1.165, 1.54) is 5.01 Å². The summed E-state index contributed by atoms with van der Waals surface area (Å²) in [6.07, 6.45) is 0.181. The summed E-state index contributed by atoms with van der Waals surface area (Å²) in [5, 5.41) is 4.86. The Hall–Kier alpha value is -4.36. The molecule has 176 valence electrons. The second-order valence-corrected chi connectivity index (χ2v) is 8.35. The fourth-order valence-corrected chi connectivity index (χ4v) is 3.83. The molecule has 0 saturated carbocycles. The molecule has 0 aliphatic carbocycles. The lowest BCUT2D eigenvalue weighted by Crippen LogP contribution is -2.51. The van der Waals surface area contributed by atoms with E-state index < -0.39 is 23.6 Å². The molecule has 0 aliphatic heterocycles. The number of carbonyl (C=O) groups is 3. The summed E-state index contributed by atoms with van der Waals surface area (Å²) in [7, 11) is 3.23. The van der Waals surface area contributed by atoms with Crippen molar-refractivity contribution in [2.24, 2.45) is 0 Å². The van der Waals surface area contributed by atoms with Gasteiger partial charge in [-0.05, 0) is 17.7 Å². The molecular formula is C28H26N4O3. The van der Waals surface area contributed by atoms with Crippen molar-refractivity contribution < 1.29 is 14.4 Å². The highest BCUT2D eigenvalue weighted by Crippen LogP contribution is 2.25. The molecule has 7 heteroatoms. The third-order valence-corrected chi connectivity index (χ3v) is 5.48. The van der Waals surface area contributed by atoms with Crippen LogP contribution in [0.2, 0.25) is 0 Å². The Morgan fingerprint density at radius 3 is 2.17 bits per heavy atom. The normalized spacial score (nSPS) is 11.7. The number of fused-ring (bicyclic) bond motifs is 1. The molecule has 2 amide bonds. The van der Waals surface area contributed by atoms with Gasteiger partial charge in [-0.15, -0.1) is 0 Å². The van der Waals surface area contributed by atoms with Crippen molar-refractivity contribution in [3.05, 3.63) is 102 Å². The Kier molecular flexibility index (Phi) is 7.28. The van der Waals surface area contributed by atoms with Crippen LogP contribution in [0, 0.1) is 0 Å². The van der Waals surface area contributed by atoms with Crippen LogP contribution in [0.25, 0.3) is 22.2 Å². The van der Waals surface area contributed by atoms with Crippen LogP contribution in [0.3, 0.4) is 0 Å². The van der Waals surface area contributed by atoms with Crippen LogP contribution in [-0.2, 0) is 16.0 Å². The highest BCUT2D eigenvalue weighted by molar-refractivity contribution is 6.38. The van der Waals surface area contributed by atoms with Gasteiger partial charge in [-0.25, -0.2) is 9.99 Å². The molecule has 4 aromatic rings. The molecule has 1 unspecified atom stereocenters. The lowest BCUT2D eigenvalue weighted by atomic mass is 10.00. The zero-order chi connectivity index (χ0) is 24.8. The van der Waals surface area contributed by atoms with Gasteiger partial charge in [-0.3, -0.25) is 19.8 Å². The first-order valence-corrected chi connectivity index (χ1v) is 11.2. The average molecular weight is 467 g/mol. The first kappa shape index (κ1) is 23.8. The van der Waals surface area contributed by atoms with Gasteiger partial charge >= 0.3 is 5.91 Å². The zero-order valence-corrected chi connectivity index (χ0v) is 19.6. The largest absolute Gasteiger partial charge is 0.341 e. The van der Waals surface area contributed by atoms with E-state index in [-0.39, 0.29) is 6.42 Å². The zero-order valence-electron chi connectivity index (χ0n) is 19.6. The van der Waals surface area contributed by atoms with Crippen molar-refractivity contribution in [2.75, 3.05) is 14.1 Å². The average Bonchev–Trinajstić information content (AvgIpc) is 2.88. The molecule has 1 aromatic heterocycles. The van der Waals surface area contributed by atoms with Gasteiger partial charge < -0.3 is 5.32 Å². The number of carbonyl (C=O) groups excluding carboxylic acids is 3. The van der Waals surface area contributed by atoms with Crippen LogP contribution in [0.5, 0.6) is 0 Å². The summed E-state index contributed by atoms with van der Waals surface area (Å²) in [6, 6.07) is 26.9. The number of Topliss-reactive ketones (excluding diaryl/α,β-unsaturated/α-hetero) is 1. The number of pyridine rings is 1. The van der Waals surface area contributed by atoms with E-state index in [9.17, 15) is 14.4 Å². The quantitative estimate of drug-likeness (QED) is 0.307. The smallest absolute Gasteiger partial charge is 0.303 e. The third-order valence-electron chi connectivity index (χ3n) is 5.48. The molecule has 0 saturated heterocycles. The summed E-state index contributed by atoms with van der Waals surface area (Å²) in [4.78, 5) is 43.8. The van der Waals surface area contributed by atoms with Gasteiger partial charge in [0.05, 0.1) is 16.8 Å². The molecule has 0 radical (unpaired) electrons. The van der Waals surface area contributed by atoms with Crippen LogP contribution >= 0.6 is 0 Å². The number of aromatic nitrogens is 1. The summed E-state index contributed by atoms with van der Waals surface area (Å²) in [5.74, 6) is -1.97. The summed E-state index contributed by atoms with van der Waals surface area (Å²) < 4.78 is 0. The Labute approximate surface area is 203 Å². The monoisotopic (exact) mass is 466 g/mol. The van der Waals surface area contributed by atoms with Crippen molar-refractivity contribution >= 4 is 28.5 Å². The van der Waals surface area contributed by atoms with E-state index >= 15 is 0 Å². The highest BCUT2D eigenvalue weighted by Gasteiger charge is 2.28. The van der Waals surface area contributed by atoms with Crippen molar-refractivity contribution in [2.45, 2.75) is 12.5 Å². The van der Waals surface area contributed by atoms with E-state index in [4.69, 9.17) is 4.98 Å². The summed E-state index contributed by atoms with van der Waals surface area (Å²) in [5.41, 5.74) is 5.85. The minimum atomic E-state index is -1.04. The van der Waals surface area contributed by atoms with Gasteiger partial charge in [0.15, 0.2) is 0 Å². The van der Waals surface area contributed by atoms with E-state index in [1.54, 1.807) is 20.2 Å². The Morgan fingerprint density at radius 1 is 0.857 bits per heavy atom. The number of hydrazine groups is 1. The second kappa shape index (κ2) is 10.7. The highest BCUT2D eigenvalue weighted by atomic mass is 16.2. The lowest BCUT2D eigenvalue weighted by molar-refractivity contribution is -0.141. The molecule has 4 rings (SSSR count). The Bertz CT molecular complexity index is 1350. The van der Waals surface area contributed by atoms with Crippen LogP contribution in [-0.4, -0.2) is 47.7 Å². The number of benzene rings is 3. The number of hydrogen-bond acceptors (Lipinski definition) is 5. The van der Waals surface area contributed by atoms with Gasteiger partial charge in [0, 0.05) is 31.5 Å². The molecule has 0 spiro atoms. The predicted octanol–water partition coefficient (Wildman–Crippen LogP) is 3.40. The maximum absolute atomic E-state index is 13.6. The van der Waals surface area contributed by atoms with Gasteiger partial charge in [0.25, 0.3) is 5.91 Å². The minimum absolute atomic E-state index is 0.181. The molecule has 3 aromatic carbocycles. The molecule has 0 bridgehead atoms. The van der Waals surface area contributed by atoms with Crippen molar-refractivity contribution in [1.82, 2.24) is 20.7 Å². The van der Waals surface area contributed by atoms with Crippen LogP contribution < -0.4 is 10.7 Å². The summed E-state index contributed by atoms with van der Waals surface area (Å²) in [6.45, 7) is 0. The molecule has 1 heterocycles. The molecule has 7 nitrogen and oxygen atoms in total. The molecule has 2 N–H and O–H groups in total. The number of amides is 2. The van der Waals surface area contributed by atoms with Crippen LogP contribution in [0.15, 0.2) is 91.0 Å². The summed E-state index contributed by atoms with van der Waals surface area (Å²) >= 11 is 0. The van der Waals surface area contributed by atoms with Crippen molar-refractivity contribution in [3.63, 3.8) is 0 Å². The molecule has 35 heavy (non-hydrogen) atoms. The number of nitrogens with zero attached hydrogens (tertiary/aromatic N) is 2. The maximum Gasteiger partial charge on any atom is 0.303 e. The first-order chi connectivity index (χ1) is 16.9. The number of hydrogen-bond donors (Lipinski definition) is 2. The van der Waals surface area contributed by atoms with E-state index in [1.807, 2.05) is 84.9 Å². The maximum atomic E-state index is 13.6. The van der Waals surface area contributed by atoms with E-state index in [0.717, 1.165) is 11.1 Å². The molecule has 0 fully saturated rings. The van der Waals surface area contributed by atoms with Gasteiger partial charge in [-0.1, -0.05) is 78.9 Å². The Morgan fingerprint density at radius 2 is 1.49 bits per heavy atom. The standard InChI is InChI=1S/C28H26N4O3/c1-32(2)31-28(35)26(33)25(17-19-11-5-3-6-12-19)30-27(34)22-18-24(20-13-7-4-8-14-20)29-23-16-10-9-15-21(22)23/h3-16,18,25H,17H2,1-2H3,(H,30,34)(H,31,35). The Balaban J connectivity index is 1.70. The SMILES string of the molecule is CN(C)NC(=O)C(=O)C(Cc1ccccc1)NC(=O)c1cc(-c2ccccc2)nc2ccccc12. The lowest BCUT2D eigenvalue weighted by Gasteiger charge is -2.20. The van der Waals surface area contributed by atoms with E-state index in [2.05, 4.69) is 10.7 Å². The van der Waals surface area contributed by atoms with Gasteiger partial charge in [-0.2, -0.15) is 0 Å². The fourth-order valence-electron chi connectivity index (χ4n) is 3.83. The molecule has 0 aliphatic rings. The number of para-hydroxylation sites is 1. The first-order valence-electron chi connectivity index (χ1n) is 11.2. The minimum Gasteiger partial charge on any atom is -0.341 e. The third kappa shape index (κ3) is 5.77. The topological polar surface area (TPSA) is 91.4 Å². The van der Waals surface area contributed by atoms with Crippen molar-refractivity contribution in [1.29, 1.82) is 0 Å². The van der Waals surface area contributed by atoms with Crippen molar-refractivity contribution in [3.8, 4) is 11.3 Å². The van der Waals surface area contributed by atoms with E-state index in [0.29, 0.717) is 22.2 Å². The van der Waals surface area contributed by atoms with Gasteiger partial charge in [0.1, 0.15) is 6.04 Å². The second-order valence-electron chi connectivity index (χ2n) is 8.35. The molecular weight excluding hydrogens is 440 g/mol. The van der Waals surface area contributed by atoms with Gasteiger partial charge in [0.2, 0.25) is 5.78 Å².